The Bertz CT molecular complexity index is 371. The molecule has 0 aliphatic heterocycles. The quantitative estimate of drug-likeness (QED) is 0.847. The van der Waals surface area contributed by atoms with Crippen molar-refractivity contribution in [2.45, 2.75) is 32.4 Å². The monoisotopic (exact) mass is 236 g/mol. The average molecular weight is 236 g/mol. The molecule has 1 aromatic rings. The summed E-state index contributed by atoms with van der Waals surface area (Å²) in [5, 5.41) is 9.18. The molecule has 1 rings (SSSR count). The van der Waals surface area contributed by atoms with Crippen LogP contribution in [0.5, 0.6) is 0 Å². The van der Waals surface area contributed by atoms with Crippen LogP contribution in [0.25, 0.3) is 0 Å². The summed E-state index contributed by atoms with van der Waals surface area (Å²) in [6.07, 6.45) is -0.941. The summed E-state index contributed by atoms with van der Waals surface area (Å²) in [5.41, 5.74) is 6.53. The second-order valence-corrected chi connectivity index (χ2v) is 5.08. The summed E-state index contributed by atoms with van der Waals surface area (Å²) in [5.74, 6) is 0. The van der Waals surface area contributed by atoms with E-state index in [-0.39, 0.29) is 6.04 Å². The SMILES string of the molecule is CC(C)(C)N(CC(N)c1ccccc1)C(=O)O. The molecule has 0 aliphatic carbocycles. The lowest BCUT2D eigenvalue weighted by Crippen LogP contribution is -2.48. The molecule has 0 heterocycles. The molecule has 0 radical (unpaired) electrons. The lowest BCUT2D eigenvalue weighted by molar-refractivity contribution is 0.0961. The van der Waals surface area contributed by atoms with E-state index in [4.69, 9.17) is 5.73 Å². The lowest BCUT2D eigenvalue weighted by Gasteiger charge is -2.35. The van der Waals surface area contributed by atoms with Crippen molar-refractivity contribution in [3.05, 3.63) is 35.9 Å². The van der Waals surface area contributed by atoms with E-state index < -0.39 is 11.6 Å². The molecular weight excluding hydrogens is 216 g/mol. The maximum atomic E-state index is 11.2. The van der Waals surface area contributed by atoms with Crippen LogP contribution in [0.3, 0.4) is 0 Å². The maximum Gasteiger partial charge on any atom is 0.407 e. The van der Waals surface area contributed by atoms with Crippen molar-refractivity contribution >= 4 is 6.09 Å². The highest BCUT2D eigenvalue weighted by molar-refractivity contribution is 5.66. The molecule has 1 atom stereocenters. The molecule has 17 heavy (non-hydrogen) atoms. The number of hydrogen-bond donors (Lipinski definition) is 2. The molecule has 0 saturated heterocycles. The van der Waals surface area contributed by atoms with Gasteiger partial charge < -0.3 is 15.7 Å². The zero-order chi connectivity index (χ0) is 13.1. The molecule has 1 unspecified atom stereocenters. The Morgan fingerprint density at radius 3 is 2.29 bits per heavy atom. The number of nitrogens with zero attached hydrogens (tertiary/aromatic N) is 1. The van der Waals surface area contributed by atoms with Gasteiger partial charge in [0.15, 0.2) is 0 Å². The van der Waals surface area contributed by atoms with Crippen LogP contribution in [-0.4, -0.2) is 28.2 Å². The maximum absolute atomic E-state index is 11.2. The Hall–Kier alpha value is -1.55. The number of rotatable bonds is 3. The fourth-order valence-electron chi connectivity index (χ4n) is 1.64. The van der Waals surface area contributed by atoms with E-state index in [2.05, 4.69) is 0 Å². The van der Waals surface area contributed by atoms with E-state index in [1.807, 2.05) is 51.1 Å². The van der Waals surface area contributed by atoms with Crippen molar-refractivity contribution in [2.24, 2.45) is 5.73 Å². The molecule has 0 fully saturated rings. The van der Waals surface area contributed by atoms with E-state index in [1.165, 1.54) is 4.90 Å². The van der Waals surface area contributed by atoms with E-state index in [1.54, 1.807) is 0 Å². The third kappa shape index (κ3) is 3.75. The van der Waals surface area contributed by atoms with Crippen molar-refractivity contribution in [3.63, 3.8) is 0 Å². The Labute approximate surface area is 102 Å². The fourth-order valence-corrected chi connectivity index (χ4v) is 1.64. The minimum absolute atomic E-state index is 0.294. The highest BCUT2D eigenvalue weighted by Gasteiger charge is 2.27. The Kier molecular flexibility index (Phi) is 4.12. The first-order chi connectivity index (χ1) is 7.82. The number of carboxylic acid groups (broad SMARTS) is 1. The minimum Gasteiger partial charge on any atom is -0.465 e. The van der Waals surface area contributed by atoms with Gasteiger partial charge in [0.05, 0.1) is 0 Å². The third-order valence-electron chi connectivity index (χ3n) is 2.65. The van der Waals surface area contributed by atoms with E-state index in [9.17, 15) is 9.90 Å². The van der Waals surface area contributed by atoms with Gasteiger partial charge >= 0.3 is 6.09 Å². The summed E-state index contributed by atoms with van der Waals surface area (Å²) in [7, 11) is 0. The van der Waals surface area contributed by atoms with E-state index in [0.717, 1.165) is 5.56 Å². The summed E-state index contributed by atoms with van der Waals surface area (Å²) in [4.78, 5) is 12.5. The molecule has 4 heteroatoms. The lowest BCUT2D eigenvalue weighted by atomic mass is 10.0. The Morgan fingerprint density at radius 2 is 1.88 bits per heavy atom. The predicted molar refractivity (Wildman–Crippen MR) is 67.9 cm³/mol. The largest absolute Gasteiger partial charge is 0.465 e. The fraction of sp³-hybridized carbons (Fsp3) is 0.462. The highest BCUT2D eigenvalue weighted by Crippen LogP contribution is 2.18. The van der Waals surface area contributed by atoms with Gasteiger partial charge in [-0.25, -0.2) is 4.79 Å². The third-order valence-corrected chi connectivity index (χ3v) is 2.65. The molecular formula is C13H20N2O2. The molecule has 1 amide bonds. The molecule has 0 aromatic heterocycles. The standard InChI is InChI=1S/C13H20N2O2/c1-13(2,3)15(12(16)17)9-11(14)10-7-5-4-6-8-10/h4-8,11H,9,14H2,1-3H3,(H,16,17). The van der Waals surface area contributed by atoms with Gasteiger partial charge in [-0.05, 0) is 26.3 Å². The minimum atomic E-state index is -0.941. The first-order valence-electron chi connectivity index (χ1n) is 5.63. The summed E-state index contributed by atoms with van der Waals surface area (Å²) in [6, 6.07) is 9.23. The van der Waals surface area contributed by atoms with Gasteiger partial charge in [-0.1, -0.05) is 30.3 Å². The van der Waals surface area contributed by atoms with Crippen molar-refractivity contribution in [2.75, 3.05) is 6.54 Å². The van der Waals surface area contributed by atoms with Crippen LogP contribution >= 0.6 is 0 Å². The summed E-state index contributed by atoms with van der Waals surface area (Å²) in [6.45, 7) is 5.87. The molecule has 4 nitrogen and oxygen atoms in total. The van der Waals surface area contributed by atoms with Crippen molar-refractivity contribution in [1.82, 2.24) is 4.90 Å². The second-order valence-electron chi connectivity index (χ2n) is 5.08. The van der Waals surface area contributed by atoms with Crippen LogP contribution in [-0.2, 0) is 0 Å². The van der Waals surface area contributed by atoms with Gasteiger partial charge in [-0.15, -0.1) is 0 Å². The van der Waals surface area contributed by atoms with Crippen LogP contribution in [0, 0.1) is 0 Å². The van der Waals surface area contributed by atoms with Crippen LogP contribution in [0.4, 0.5) is 4.79 Å². The van der Waals surface area contributed by atoms with Gasteiger partial charge in [0.1, 0.15) is 0 Å². The van der Waals surface area contributed by atoms with Gasteiger partial charge in [-0.2, -0.15) is 0 Å². The first-order valence-corrected chi connectivity index (χ1v) is 5.63. The zero-order valence-electron chi connectivity index (χ0n) is 10.6. The summed E-state index contributed by atoms with van der Waals surface area (Å²) < 4.78 is 0. The van der Waals surface area contributed by atoms with Gasteiger partial charge in [0, 0.05) is 18.1 Å². The molecule has 0 bridgehead atoms. The molecule has 3 N–H and O–H groups in total. The van der Waals surface area contributed by atoms with Crippen molar-refractivity contribution < 1.29 is 9.90 Å². The Balaban J connectivity index is 2.79. The van der Waals surface area contributed by atoms with Crippen LogP contribution in [0.15, 0.2) is 30.3 Å². The Morgan fingerprint density at radius 1 is 1.35 bits per heavy atom. The number of benzene rings is 1. The van der Waals surface area contributed by atoms with Gasteiger partial charge in [0.25, 0.3) is 0 Å². The normalized spacial score (nSPS) is 13.2. The molecule has 0 aliphatic rings. The van der Waals surface area contributed by atoms with Crippen molar-refractivity contribution in [3.8, 4) is 0 Å². The topological polar surface area (TPSA) is 66.6 Å². The van der Waals surface area contributed by atoms with Gasteiger partial charge in [0.2, 0.25) is 0 Å². The number of nitrogens with two attached hydrogens (primary N) is 1. The molecule has 0 saturated carbocycles. The number of amides is 1. The van der Waals surface area contributed by atoms with E-state index >= 15 is 0 Å². The first kappa shape index (κ1) is 13.5. The summed E-state index contributed by atoms with van der Waals surface area (Å²) >= 11 is 0. The smallest absolute Gasteiger partial charge is 0.407 e. The number of hydrogen-bond acceptors (Lipinski definition) is 2. The molecule has 1 aromatic carbocycles. The van der Waals surface area contributed by atoms with E-state index in [0.29, 0.717) is 6.54 Å². The zero-order valence-corrected chi connectivity index (χ0v) is 10.6. The van der Waals surface area contributed by atoms with Crippen LogP contribution < -0.4 is 5.73 Å². The molecule has 94 valence electrons. The van der Waals surface area contributed by atoms with Gasteiger partial charge in [-0.3, -0.25) is 0 Å². The number of carbonyl (C=O) groups is 1. The second kappa shape index (κ2) is 5.19. The highest BCUT2D eigenvalue weighted by atomic mass is 16.4. The van der Waals surface area contributed by atoms with Crippen LogP contribution in [0.1, 0.15) is 32.4 Å². The van der Waals surface area contributed by atoms with Crippen molar-refractivity contribution in [1.29, 1.82) is 0 Å². The van der Waals surface area contributed by atoms with Crippen LogP contribution in [0.2, 0.25) is 0 Å². The average Bonchev–Trinajstić information content (AvgIpc) is 2.24. The molecule has 0 spiro atoms. The predicted octanol–water partition coefficient (Wildman–Crippen LogP) is 2.46.